The topological polar surface area (TPSA) is 35.5 Å². The van der Waals surface area contributed by atoms with Gasteiger partial charge in [0, 0.05) is 31.8 Å². The van der Waals surface area contributed by atoms with Crippen LogP contribution in [0.3, 0.4) is 0 Å². The molecular weight excluding hydrogens is 248 g/mol. The molecule has 0 radical (unpaired) electrons. The second-order valence-corrected chi connectivity index (χ2v) is 5.96. The van der Waals surface area contributed by atoms with Gasteiger partial charge in [-0.1, -0.05) is 30.3 Å². The molecular formula is C17H28N2O. The highest BCUT2D eigenvalue weighted by molar-refractivity contribution is 5.14. The Morgan fingerprint density at radius 3 is 2.90 bits per heavy atom. The number of hydrogen-bond donors (Lipinski definition) is 2. The Kier molecular flexibility index (Phi) is 6.51. The van der Waals surface area contributed by atoms with Crippen LogP contribution in [0.1, 0.15) is 31.7 Å². The van der Waals surface area contributed by atoms with Gasteiger partial charge in [0.25, 0.3) is 0 Å². The van der Waals surface area contributed by atoms with Gasteiger partial charge in [0.15, 0.2) is 0 Å². The molecule has 1 aromatic carbocycles. The first-order chi connectivity index (χ1) is 9.78. The smallest absolute Gasteiger partial charge is 0.0431 e. The largest absolute Gasteiger partial charge is 0.396 e. The molecule has 1 aromatic rings. The van der Waals surface area contributed by atoms with Crippen LogP contribution in [0.2, 0.25) is 0 Å². The van der Waals surface area contributed by atoms with Crippen LogP contribution in [0.15, 0.2) is 30.3 Å². The van der Waals surface area contributed by atoms with Gasteiger partial charge in [-0.3, -0.25) is 0 Å². The standard InChI is InChI=1S/C17H28N2O/c1-15(6-5-13-20)18-17-10-12-19(14-17)11-9-16-7-3-2-4-8-16/h2-4,7-8,15,17-18,20H,5-6,9-14H2,1H3. The van der Waals surface area contributed by atoms with E-state index in [0.29, 0.717) is 18.7 Å². The third kappa shape index (κ3) is 5.23. The zero-order valence-electron chi connectivity index (χ0n) is 12.6. The molecule has 1 saturated heterocycles. The first-order valence-corrected chi connectivity index (χ1v) is 7.91. The predicted molar refractivity (Wildman–Crippen MR) is 83.9 cm³/mol. The summed E-state index contributed by atoms with van der Waals surface area (Å²) < 4.78 is 0. The van der Waals surface area contributed by atoms with E-state index in [1.54, 1.807) is 0 Å². The maximum Gasteiger partial charge on any atom is 0.0431 e. The summed E-state index contributed by atoms with van der Waals surface area (Å²) in [7, 11) is 0. The van der Waals surface area contributed by atoms with Crippen molar-refractivity contribution in [3.8, 4) is 0 Å². The van der Waals surface area contributed by atoms with Gasteiger partial charge in [0.05, 0.1) is 0 Å². The molecule has 2 N–H and O–H groups in total. The Labute approximate surface area is 123 Å². The van der Waals surface area contributed by atoms with E-state index in [0.717, 1.165) is 32.4 Å². The van der Waals surface area contributed by atoms with Gasteiger partial charge in [-0.2, -0.15) is 0 Å². The minimum atomic E-state index is 0.305. The summed E-state index contributed by atoms with van der Waals surface area (Å²) in [5.74, 6) is 0. The Morgan fingerprint density at radius 2 is 2.15 bits per heavy atom. The molecule has 1 heterocycles. The minimum Gasteiger partial charge on any atom is -0.396 e. The number of likely N-dealkylation sites (tertiary alicyclic amines) is 1. The van der Waals surface area contributed by atoms with Crippen molar-refractivity contribution in [2.75, 3.05) is 26.2 Å². The first kappa shape index (κ1) is 15.5. The van der Waals surface area contributed by atoms with Gasteiger partial charge < -0.3 is 15.3 Å². The van der Waals surface area contributed by atoms with Crippen LogP contribution in [-0.4, -0.2) is 48.3 Å². The molecule has 0 aromatic heterocycles. The van der Waals surface area contributed by atoms with Crippen molar-refractivity contribution < 1.29 is 5.11 Å². The lowest BCUT2D eigenvalue weighted by molar-refractivity contribution is 0.272. The maximum atomic E-state index is 8.86. The number of rotatable bonds is 8. The van der Waals surface area contributed by atoms with Gasteiger partial charge in [0.2, 0.25) is 0 Å². The van der Waals surface area contributed by atoms with Crippen LogP contribution in [-0.2, 0) is 6.42 Å². The van der Waals surface area contributed by atoms with Crippen LogP contribution >= 0.6 is 0 Å². The van der Waals surface area contributed by atoms with E-state index in [4.69, 9.17) is 5.11 Å². The second-order valence-electron chi connectivity index (χ2n) is 5.96. The fourth-order valence-electron chi connectivity index (χ4n) is 2.99. The molecule has 0 amide bonds. The van der Waals surface area contributed by atoms with Crippen molar-refractivity contribution in [3.05, 3.63) is 35.9 Å². The molecule has 20 heavy (non-hydrogen) atoms. The van der Waals surface area contributed by atoms with Crippen LogP contribution < -0.4 is 5.32 Å². The molecule has 1 aliphatic rings. The Balaban J connectivity index is 1.65. The van der Waals surface area contributed by atoms with Crippen molar-refractivity contribution in [3.63, 3.8) is 0 Å². The average molecular weight is 276 g/mol. The van der Waals surface area contributed by atoms with Crippen LogP contribution in [0, 0.1) is 0 Å². The lowest BCUT2D eigenvalue weighted by Crippen LogP contribution is -2.38. The summed E-state index contributed by atoms with van der Waals surface area (Å²) in [6, 6.07) is 11.9. The predicted octanol–water partition coefficient (Wildman–Crippen LogP) is 2.05. The van der Waals surface area contributed by atoms with Crippen molar-refractivity contribution in [1.82, 2.24) is 10.2 Å². The molecule has 0 spiro atoms. The molecule has 0 bridgehead atoms. The van der Waals surface area contributed by atoms with Crippen LogP contribution in [0.25, 0.3) is 0 Å². The van der Waals surface area contributed by atoms with Gasteiger partial charge in [-0.15, -0.1) is 0 Å². The van der Waals surface area contributed by atoms with E-state index in [-0.39, 0.29) is 0 Å². The molecule has 2 unspecified atom stereocenters. The van der Waals surface area contributed by atoms with E-state index in [1.165, 1.54) is 18.5 Å². The molecule has 112 valence electrons. The quantitative estimate of drug-likeness (QED) is 0.763. The fourth-order valence-corrected chi connectivity index (χ4v) is 2.99. The summed E-state index contributed by atoms with van der Waals surface area (Å²) in [5.41, 5.74) is 1.43. The SMILES string of the molecule is CC(CCCO)NC1CCN(CCc2ccccc2)C1. The van der Waals surface area contributed by atoms with Crippen molar-refractivity contribution in [2.24, 2.45) is 0 Å². The molecule has 2 rings (SSSR count). The van der Waals surface area contributed by atoms with E-state index in [1.807, 2.05) is 0 Å². The summed E-state index contributed by atoms with van der Waals surface area (Å²) in [4.78, 5) is 2.56. The zero-order chi connectivity index (χ0) is 14.2. The van der Waals surface area contributed by atoms with Gasteiger partial charge >= 0.3 is 0 Å². The van der Waals surface area contributed by atoms with Crippen molar-refractivity contribution in [2.45, 2.75) is 44.7 Å². The number of nitrogens with one attached hydrogen (secondary N) is 1. The van der Waals surface area contributed by atoms with E-state index < -0.39 is 0 Å². The van der Waals surface area contributed by atoms with Crippen LogP contribution in [0.4, 0.5) is 0 Å². The Morgan fingerprint density at radius 1 is 1.35 bits per heavy atom. The lowest BCUT2D eigenvalue weighted by Gasteiger charge is -2.20. The fraction of sp³-hybridized carbons (Fsp3) is 0.647. The highest BCUT2D eigenvalue weighted by Gasteiger charge is 2.22. The summed E-state index contributed by atoms with van der Waals surface area (Å²) in [6.07, 6.45) is 4.36. The molecule has 3 heteroatoms. The number of aliphatic hydroxyl groups is 1. The van der Waals surface area contributed by atoms with Crippen LogP contribution in [0.5, 0.6) is 0 Å². The molecule has 0 saturated carbocycles. The second kappa shape index (κ2) is 8.40. The molecule has 1 aliphatic heterocycles. The highest BCUT2D eigenvalue weighted by Crippen LogP contribution is 2.12. The molecule has 0 aliphatic carbocycles. The molecule has 3 nitrogen and oxygen atoms in total. The Hall–Kier alpha value is -0.900. The average Bonchev–Trinajstić information content (AvgIpc) is 2.91. The Bertz CT molecular complexity index is 369. The monoisotopic (exact) mass is 276 g/mol. The number of aliphatic hydroxyl groups excluding tert-OH is 1. The normalized spacial score (nSPS) is 21.2. The summed E-state index contributed by atoms with van der Waals surface area (Å²) >= 11 is 0. The molecule has 1 fully saturated rings. The van der Waals surface area contributed by atoms with E-state index >= 15 is 0 Å². The van der Waals surface area contributed by atoms with E-state index in [9.17, 15) is 0 Å². The first-order valence-electron chi connectivity index (χ1n) is 7.91. The van der Waals surface area contributed by atoms with Crippen molar-refractivity contribution in [1.29, 1.82) is 0 Å². The van der Waals surface area contributed by atoms with Gasteiger partial charge in [-0.25, -0.2) is 0 Å². The lowest BCUT2D eigenvalue weighted by atomic mass is 10.1. The third-order valence-electron chi connectivity index (χ3n) is 4.15. The summed E-state index contributed by atoms with van der Waals surface area (Å²) in [6.45, 7) is 6.06. The minimum absolute atomic E-state index is 0.305. The zero-order valence-corrected chi connectivity index (χ0v) is 12.6. The molecule has 2 atom stereocenters. The third-order valence-corrected chi connectivity index (χ3v) is 4.15. The number of hydrogen-bond acceptors (Lipinski definition) is 3. The van der Waals surface area contributed by atoms with Crippen molar-refractivity contribution >= 4 is 0 Å². The highest BCUT2D eigenvalue weighted by atomic mass is 16.2. The van der Waals surface area contributed by atoms with Gasteiger partial charge in [-0.05, 0) is 44.7 Å². The van der Waals surface area contributed by atoms with Gasteiger partial charge in [0.1, 0.15) is 0 Å². The maximum absolute atomic E-state index is 8.86. The summed E-state index contributed by atoms with van der Waals surface area (Å²) in [5, 5.41) is 12.5. The number of nitrogens with zero attached hydrogens (tertiary/aromatic N) is 1. The van der Waals surface area contributed by atoms with E-state index in [2.05, 4.69) is 47.5 Å². The number of benzene rings is 1.